The van der Waals surface area contributed by atoms with Crippen molar-refractivity contribution in [2.24, 2.45) is 0 Å². The lowest BCUT2D eigenvalue weighted by molar-refractivity contribution is 0.606. The molecule has 0 fully saturated rings. The summed E-state index contributed by atoms with van der Waals surface area (Å²) in [4.78, 5) is 2.43. The standard InChI is InChI=1S/C38H24F2S/c39-27-21-33(24-16-18-37-26(19-24)14-13-23-7-1-6-12-36(23)41-37)38(40)34(22-27)25-15-17-32-30-10-3-2-8-28(30)29-9-4-5-11-31(29)35(32)20-25/h1-12,15-22H,13-14H2. The molecule has 0 aromatic heterocycles. The Bertz CT molecular complexity index is 2130. The van der Waals surface area contributed by atoms with Gasteiger partial charge in [0.1, 0.15) is 11.6 Å². The molecule has 1 heterocycles. The van der Waals surface area contributed by atoms with Gasteiger partial charge < -0.3 is 0 Å². The Kier molecular flexibility index (Phi) is 5.68. The van der Waals surface area contributed by atoms with E-state index in [0.29, 0.717) is 11.1 Å². The van der Waals surface area contributed by atoms with Crippen molar-refractivity contribution < 1.29 is 8.78 Å². The zero-order chi connectivity index (χ0) is 27.5. The summed E-state index contributed by atoms with van der Waals surface area (Å²) in [6, 6.07) is 39.7. The molecule has 0 saturated carbocycles. The van der Waals surface area contributed by atoms with Crippen LogP contribution in [0.25, 0.3) is 54.6 Å². The molecule has 0 radical (unpaired) electrons. The van der Waals surface area contributed by atoms with Gasteiger partial charge in [-0.3, -0.25) is 0 Å². The Morgan fingerprint density at radius 2 is 0.951 bits per heavy atom. The average Bonchev–Trinajstić information content (AvgIpc) is 3.21. The smallest absolute Gasteiger partial charge is 0.139 e. The van der Waals surface area contributed by atoms with Crippen LogP contribution in [0.4, 0.5) is 8.78 Å². The van der Waals surface area contributed by atoms with Crippen LogP contribution in [0.2, 0.25) is 0 Å². The first-order valence-electron chi connectivity index (χ1n) is 13.9. The second-order valence-corrected chi connectivity index (χ2v) is 11.8. The molecule has 0 aliphatic carbocycles. The van der Waals surface area contributed by atoms with Crippen LogP contribution in [0.15, 0.2) is 131 Å². The highest BCUT2D eigenvalue weighted by Gasteiger charge is 2.19. The van der Waals surface area contributed by atoms with Gasteiger partial charge >= 0.3 is 0 Å². The minimum absolute atomic E-state index is 0.274. The molecule has 41 heavy (non-hydrogen) atoms. The summed E-state index contributed by atoms with van der Waals surface area (Å²) in [7, 11) is 0. The minimum Gasteiger partial charge on any atom is -0.207 e. The molecular weight excluding hydrogens is 526 g/mol. The average molecular weight is 551 g/mol. The van der Waals surface area contributed by atoms with E-state index in [1.165, 1.54) is 32.9 Å². The number of aryl methyl sites for hydroxylation is 2. The van der Waals surface area contributed by atoms with E-state index < -0.39 is 11.6 Å². The molecule has 196 valence electrons. The minimum atomic E-state index is -0.448. The van der Waals surface area contributed by atoms with Crippen LogP contribution < -0.4 is 0 Å². The molecule has 0 N–H and O–H groups in total. The maximum atomic E-state index is 16.3. The Labute approximate surface area is 241 Å². The Morgan fingerprint density at radius 1 is 0.439 bits per heavy atom. The lowest BCUT2D eigenvalue weighted by atomic mass is 9.91. The van der Waals surface area contributed by atoms with Crippen molar-refractivity contribution in [2.75, 3.05) is 0 Å². The summed E-state index contributed by atoms with van der Waals surface area (Å²) in [5, 5.41) is 6.72. The van der Waals surface area contributed by atoms with Crippen molar-refractivity contribution in [3.63, 3.8) is 0 Å². The summed E-state index contributed by atoms with van der Waals surface area (Å²) in [5.74, 6) is -0.850. The SMILES string of the molecule is Fc1cc(-c2ccc3c(c2)CCc2ccccc2S3)c(F)c(-c2ccc3c4ccccc4c4ccccc4c3c2)c1. The van der Waals surface area contributed by atoms with Crippen LogP contribution in [0.1, 0.15) is 11.1 Å². The molecule has 3 heteroatoms. The van der Waals surface area contributed by atoms with E-state index in [1.54, 1.807) is 11.8 Å². The van der Waals surface area contributed by atoms with Crippen molar-refractivity contribution in [2.45, 2.75) is 22.6 Å². The highest BCUT2D eigenvalue weighted by molar-refractivity contribution is 7.99. The second kappa shape index (κ2) is 9.57. The first-order chi connectivity index (χ1) is 20.1. The predicted octanol–water partition coefficient (Wildman–Crippen LogP) is 11.0. The highest BCUT2D eigenvalue weighted by atomic mass is 32.2. The van der Waals surface area contributed by atoms with E-state index in [9.17, 15) is 0 Å². The Balaban J connectivity index is 1.27. The van der Waals surface area contributed by atoms with Gasteiger partial charge in [-0.05, 0) is 104 Å². The van der Waals surface area contributed by atoms with Gasteiger partial charge in [0, 0.05) is 20.9 Å². The third-order valence-electron chi connectivity index (χ3n) is 8.32. The van der Waals surface area contributed by atoms with Gasteiger partial charge in [-0.25, -0.2) is 8.78 Å². The van der Waals surface area contributed by atoms with Crippen molar-refractivity contribution in [1.82, 2.24) is 0 Å². The molecule has 0 spiro atoms. The van der Waals surface area contributed by atoms with E-state index in [4.69, 9.17) is 0 Å². The first-order valence-corrected chi connectivity index (χ1v) is 14.7. The van der Waals surface area contributed by atoms with E-state index in [-0.39, 0.29) is 11.1 Å². The zero-order valence-corrected chi connectivity index (χ0v) is 22.9. The fourth-order valence-electron chi connectivity index (χ4n) is 6.32. The van der Waals surface area contributed by atoms with Crippen molar-refractivity contribution >= 4 is 44.1 Å². The van der Waals surface area contributed by atoms with E-state index in [1.807, 2.05) is 48.5 Å². The zero-order valence-electron chi connectivity index (χ0n) is 22.1. The molecule has 7 aromatic carbocycles. The van der Waals surface area contributed by atoms with Crippen LogP contribution in [0, 0.1) is 11.6 Å². The maximum absolute atomic E-state index is 16.3. The van der Waals surface area contributed by atoms with Crippen LogP contribution in [-0.2, 0) is 12.8 Å². The van der Waals surface area contributed by atoms with Gasteiger partial charge in [-0.1, -0.05) is 96.7 Å². The topological polar surface area (TPSA) is 0 Å². The van der Waals surface area contributed by atoms with Crippen LogP contribution in [-0.4, -0.2) is 0 Å². The van der Waals surface area contributed by atoms with E-state index >= 15 is 8.78 Å². The molecule has 1 aliphatic rings. The Morgan fingerprint density at radius 3 is 1.66 bits per heavy atom. The Hall–Kier alpha value is -4.47. The number of benzene rings is 7. The number of fused-ring (bicyclic) bond motifs is 8. The van der Waals surface area contributed by atoms with Crippen LogP contribution >= 0.6 is 11.8 Å². The summed E-state index contributed by atoms with van der Waals surface area (Å²) in [5.41, 5.74) is 4.42. The monoisotopic (exact) mass is 550 g/mol. The molecule has 7 aromatic rings. The molecule has 0 unspecified atom stereocenters. The fourth-order valence-corrected chi connectivity index (χ4v) is 7.44. The highest BCUT2D eigenvalue weighted by Crippen LogP contribution is 2.41. The molecule has 0 nitrogen and oxygen atoms in total. The molecule has 8 rings (SSSR count). The summed E-state index contributed by atoms with van der Waals surface area (Å²) in [6.07, 6.45) is 1.79. The van der Waals surface area contributed by atoms with Gasteiger partial charge in [0.05, 0.1) is 0 Å². The molecule has 1 aliphatic heterocycles. The summed E-state index contributed by atoms with van der Waals surface area (Å²) in [6.45, 7) is 0. The molecule has 0 atom stereocenters. The number of halogens is 2. The number of hydrogen-bond acceptors (Lipinski definition) is 1. The van der Waals surface area contributed by atoms with Gasteiger partial charge in [0.25, 0.3) is 0 Å². The van der Waals surface area contributed by atoms with Gasteiger partial charge in [0.15, 0.2) is 0 Å². The van der Waals surface area contributed by atoms with Crippen molar-refractivity contribution in [3.8, 4) is 22.3 Å². The van der Waals surface area contributed by atoms with Crippen LogP contribution in [0.5, 0.6) is 0 Å². The van der Waals surface area contributed by atoms with E-state index in [2.05, 4.69) is 60.7 Å². The lowest BCUT2D eigenvalue weighted by Gasteiger charge is -2.14. The predicted molar refractivity (Wildman–Crippen MR) is 168 cm³/mol. The number of rotatable bonds is 2. The third kappa shape index (κ3) is 4.03. The first kappa shape index (κ1) is 24.3. The molecular formula is C38H24F2S. The normalized spacial score (nSPS) is 12.8. The summed E-state index contributed by atoms with van der Waals surface area (Å²) < 4.78 is 31.5. The molecule has 0 bridgehead atoms. The molecule has 0 saturated heterocycles. The lowest BCUT2D eigenvalue weighted by Crippen LogP contribution is -1.95. The van der Waals surface area contributed by atoms with Crippen molar-refractivity contribution in [1.29, 1.82) is 0 Å². The van der Waals surface area contributed by atoms with Gasteiger partial charge in [0.2, 0.25) is 0 Å². The fraction of sp³-hybridized carbons (Fsp3) is 0.0526. The van der Waals surface area contributed by atoms with Crippen LogP contribution in [0.3, 0.4) is 0 Å². The van der Waals surface area contributed by atoms with Gasteiger partial charge in [-0.2, -0.15) is 0 Å². The van der Waals surface area contributed by atoms with Crippen molar-refractivity contribution in [3.05, 3.63) is 144 Å². The third-order valence-corrected chi connectivity index (χ3v) is 9.56. The molecule has 0 amide bonds. The van der Waals surface area contributed by atoms with E-state index in [0.717, 1.165) is 45.3 Å². The number of hydrogen-bond donors (Lipinski definition) is 0. The maximum Gasteiger partial charge on any atom is 0.139 e. The quantitative estimate of drug-likeness (QED) is 0.193. The second-order valence-electron chi connectivity index (χ2n) is 10.7. The largest absolute Gasteiger partial charge is 0.207 e. The van der Waals surface area contributed by atoms with Gasteiger partial charge in [-0.15, -0.1) is 0 Å². The summed E-state index contributed by atoms with van der Waals surface area (Å²) >= 11 is 1.75.